The summed E-state index contributed by atoms with van der Waals surface area (Å²) in [5.74, 6) is 1.36. The first-order valence-corrected chi connectivity index (χ1v) is 7.29. The maximum Gasteiger partial charge on any atom is 0.119 e. The van der Waals surface area contributed by atoms with E-state index in [1.54, 1.807) is 0 Å². The van der Waals surface area contributed by atoms with Crippen LogP contribution in [0.1, 0.15) is 38.7 Å². The van der Waals surface area contributed by atoms with Crippen molar-refractivity contribution in [2.75, 3.05) is 19.8 Å². The van der Waals surface area contributed by atoms with Crippen LogP contribution < -0.4 is 10.1 Å². The Kier molecular flexibility index (Phi) is 8.26. The fourth-order valence-electron chi connectivity index (χ4n) is 1.82. The van der Waals surface area contributed by atoms with Crippen molar-refractivity contribution in [3.8, 4) is 5.75 Å². The Morgan fingerprint density at radius 3 is 2.63 bits per heavy atom. The van der Waals surface area contributed by atoms with E-state index >= 15 is 0 Å². The minimum Gasteiger partial charge on any atom is -0.494 e. The molecule has 0 aliphatic rings. The Balaban J connectivity index is 2.15. The molecule has 0 aliphatic carbocycles. The van der Waals surface area contributed by atoms with Crippen molar-refractivity contribution >= 4 is 0 Å². The van der Waals surface area contributed by atoms with Crippen LogP contribution in [0.5, 0.6) is 5.75 Å². The van der Waals surface area contributed by atoms with Gasteiger partial charge in [-0.05, 0) is 49.4 Å². The zero-order valence-electron chi connectivity index (χ0n) is 12.2. The van der Waals surface area contributed by atoms with Crippen molar-refractivity contribution < 1.29 is 9.84 Å². The van der Waals surface area contributed by atoms with Crippen LogP contribution in [0, 0.1) is 5.92 Å². The standard InChI is InChI=1S/C16H27NO2/c1-3-11-19-16-8-6-15(7-9-16)12-17-10-4-5-14(2)13-18/h6-9,14,17-18H,3-5,10-13H2,1-2H3. The summed E-state index contributed by atoms with van der Waals surface area (Å²) in [5, 5.41) is 12.3. The summed E-state index contributed by atoms with van der Waals surface area (Å²) in [5.41, 5.74) is 1.28. The smallest absolute Gasteiger partial charge is 0.119 e. The third kappa shape index (κ3) is 7.19. The molecule has 0 bridgehead atoms. The maximum absolute atomic E-state index is 8.92. The first-order chi connectivity index (χ1) is 9.26. The Bertz CT molecular complexity index is 324. The van der Waals surface area contributed by atoms with Gasteiger partial charge in [0.2, 0.25) is 0 Å². The topological polar surface area (TPSA) is 41.5 Å². The quantitative estimate of drug-likeness (QED) is 0.639. The second-order valence-electron chi connectivity index (χ2n) is 5.10. The summed E-state index contributed by atoms with van der Waals surface area (Å²) < 4.78 is 5.55. The largest absolute Gasteiger partial charge is 0.494 e. The minimum absolute atomic E-state index is 0.291. The zero-order valence-corrected chi connectivity index (χ0v) is 12.2. The third-order valence-electron chi connectivity index (χ3n) is 3.09. The fraction of sp³-hybridized carbons (Fsp3) is 0.625. The molecule has 3 nitrogen and oxygen atoms in total. The molecule has 3 heteroatoms. The number of hydrogen-bond donors (Lipinski definition) is 2. The third-order valence-corrected chi connectivity index (χ3v) is 3.09. The van der Waals surface area contributed by atoms with E-state index in [1.165, 1.54) is 5.56 Å². The molecule has 0 saturated heterocycles. The number of nitrogens with one attached hydrogen (secondary N) is 1. The van der Waals surface area contributed by atoms with Crippen molar-refractivity contribution in [1.82, 2.24) is 5.32 Å². The highest BCUT2D eigenvalue weighted by Gasteiger charge is 1.99. The Morgan fingerprint density at radius 1 is 1.26 bits per heavy atom. The Morgan fingerprint density at radius 2 is 2.00 bits per heavy atom. The van der Waals surface area contributed by atoms with Crippen molar-refractivity contribution in [3.05, 3.63) is 29.8 Å². The second-order valence-corrected chi connectivity index (χ2v) is 5.10. The molecular weight excluding hydrogens is 238 g/mol. The number of aliphatic hydroxyl groups is 1. The SMILES string of the molecule is CCCOc1ccc(CNCCCC(C)CO)cc1. The highest BCUT2D eigenvalue weighted by Crippen LogP contribution is 2.12. The van der Waals surface area contributed by atoms with Crippen LogP contribution in [0.4, 0.5) is 0 Å². The van der Waals surface area contributed by atoms with Gasteiger partial charge >= 0.3 is 0 Å². The van der Waals surface area contributed by atoms with Crippen LogP contribution in [-0.2, 0) is 6.54 Å². The molecule has 0 amide bonds. The first kappa shape index (κ1) is 16.0. The molecule has 1 atom stereocenters. The summed E-state index contributed by atoms with van der Waals surface area (Å²) in [4.78, 5) is 0. The number of ether oxygens (including phenoxy) is 1. The predicted molar refractivity (Wildman–Crippen MR) is 79.4 cm³/mol. The number of rotatable bonds is 10. The molecule has 1 aromatic rings. The van der Waals surface area contributed by atoms with E-state index in [9.17, 15) is 0 Å². The van der Waals surface area contributed by atoms with Crippen molar-refractivity contribution in [3.63, 3.8) is 0 Å². The van der Waals surface area contributed by atoms with E-state index in [0.29, 0.717) is 12.5 Å². The Labute approximate surface area is 117 Å². The highest BCUT2D eigenvalue weighted by atomic mass is 16.5. The van der Waals surface area contributed by atoms with Gasteiger partial charge in [-0.15, -0.1) is 0 Å². The maximum atomic E-state index is 8.92. The molecule has 0 spiro atoms. The molecule has 0 fully saturated rings. The van der Waals surface area contributed by atoms with Gasteiger partial charge in [0.05, 0.1) is 6.61 Å². The zero-order chi connectivity index (χ0) is 13.9. The lowest BCUT2D eigenvalue weighted by atomic mass is 10.1. The van der Waals surface area contributed by atoms with Gasteiger partial charge in [0.1, 0.15) is 5.75 Å². The average molecular weight is 265 g/mol. The summed E-state index contributed by atoms with van der Waals surface area (Å²) in [6, 6.07) is 8.27. The predicted octanol–water partition coefficient (Wildman–Crippen LogP) is 2.97. The molecule has 1 unspecified atom stereocenters. The molecular formula is C16H27NO2. The lowest BCUT2D eigenvalue weighted by Gasteiger charge is -2.09. The average Bonchev–Trinajstić information content (AvgIpc) is 2.45. The van der Waals surface area contributed by atoms with Crippen LogP contribution in [0.2, 0.25) is 0 Å². The normalized spacial score (nSPS) is 12.4. The van der Waals surface area contributed by atoms with Gasteiger partial charge in [-0.2, -0.15) is 0 Å². The van der Waals surface area contributed by atoms with Gasteiger partial charge in [0, 0.05) is 13.2 Å². The Hall–Kier alpha value is -1.06. The van der Waals surface area contributed by atoms with E-state index in [2.05, 4.69) is 31.3 Å². The number of hydrogen-bond acceptors (Lipinski definition) is 3. The summed E-state index contributed by atoms with van der Waals surface area (Å²) in [7, 11) is 0. The molecule has 108 valence electrons. The molecule has 1 aromatic carbocycles. The van der Waals surface area contributed by atoms with Crippen molar-refractivity contribution in [1.29, 1.82) is 0 Å². The lowest BCUT2D eigenvalue weighted by Crippen LogP contribution is -2.16. The molecule has 0 aliphatic heterocycles. The lowest BCUT2D eigenvalue weighted by molar-refractivity contribution is 0.228. The minimum atomic E-state index is 0.291. The molecule has 0 heterocycles. The van der Waals surface area contributed by atoms with Crippen LogP contribution in [0.25, 0.3) is 0 Å². The molecule has 0 aromatic heterocycles. The van der Waals surface area contributed by atoms with Crippen molar-refractivity contribution in [2.24, 2.45) is 5.92 Å². The van der Waals surface area contributed by atoms with Crippen LogP contribution >= 0.6 is 0 Å². The summed E-state index contributed by atoms with van der Waals surface area (Å²) in [6.45, 7) is 7.14. The van der Waals surface area contributed by atoms with Gasteiger partial charge in [0.25, 0.3) is 0 Å². The van der Waals surface area contributed by atoms with Gasteiger partial charge in [0.15, 0.2) is 0 Å². The van der Waals surface area contributed by atoms with Gasteiger partial charge in [-0.1, -0.05) is 26.0 Å². The van der Waals surface area contributed by atoms with E-state index in [1.807, 2.05) is 12.1 Å². The molecule has 0 radical (unpaired) electrons. The molecule has 0 saturated carbocycles. The second kappa shape index (κ2) is 9.82. The first-order valence-electron chi connectivity index (χ1n) is 7.29. The molecule has 19 heavy (non-hydrogen) atoms. The van der Waals surface area contributed by atoms with Gasteiger partial charge in [-0.3, -0.25) is 0 Å². The van der Waals surface area contributed by atoms with E-state index in [4.69, 9.17) is 9.84 Å². The molecule has 1 rings (SSSR count). The number of aliphatic hydroxyl groups excluding tert-OH is 1. The number of benzene rings is 1. The highest BCUT2D eigenvalue weighted by molar-refractivity contribution is 5.27. The van der Waals surface area contributed by atoms with Gasteiger partial charge in [-0.25, -0.2) is 0 Å². The van der Waals surface area contributed by atoms with Crippen LogP contribution in [0.15, 0.2) is 24.3 Å². The van der Waals surface area contributed by atoms with E-state index < -0.39 is 0 Å². The summed E-state index contributed by atoms with van der Waals surface area (Å²) in [6.07, 6.45) is 3.22. The fourth-order valence-corrected chi connectivity index (χ4v) is 1.82. The molecule has 2 N–H and O–H groups in total. The van der Waals surface area contributed by atoms with E-state index in [0.717, 1.165) is 44.7 Å². The van der Waals surface area contributed by atoms with E-state index in [-0.39, 0.29) is 0 Å². The summed E-state index contributed by atoms with van der Waals surface area (Å²) >= 11 is 0. The monoisotopic (exact) mass is 265 g/mol. The van der Waals surface area contributed by atoms with Crippen LogP contribution in [0.3, 0.4) is 0 Å². The van der Waals surface area contributed by atoms with Crippen molar-refractivity contribution in [2.45, 2.75) is 39.7 Å². The van der Waals surface area contributed by atoms with Gasteiger partial charge < -0.3 is 15.2 Å². The van der Waals surface area contributed by atoms with Crippen LogP contribution in [-0.4, -0.2) is 24.9 Å².